The van der Waals surface area contributed by atoms with Gasteiger partial charge < -0.3 is 19.3 Å². The summed E-state index contributed by atoms with van der Waals surface area (Å²) >= 11 is 1.67. The Labute approximate surface area is 191 Å². The van der Waals surface area contributed by atoms with Gasteiger partial charge in [-0.25, -0.2) is 4.98 Å². The number of nitrogens with zero attached hydrogens (tertiary/aromatic N) is 4. The number of amides is 1. The minimum absolute atomic E-state index is 0.146. The second kappa shape index (κ2) is 9.02. The molecule has 0 spiro atoms. The van der Waals surface area contributed by atoms with Crippen molar-refractivity contribution in [2.75, 3.05) is 40.3 Å². The van der Waals surface area contributed by atoms with Crippen molar-refractivity contribution >= 4 is 27.9 Å². The standard InChI is InChI=1S/C24H26N4O3S/c1-26(2)13-17-14-28-15-19(25-24(28)32-17)18-8-6-7-9-20(18)27(3)23(29)16-10-11-21(30-4)22(12-16)31-5/h6-12,14-15H,13H2,1-5H3. The molecule has 0 N–H and O–H groups in total. The Morgan fingerprint density at radius 1 is 1.03 bits per heavy atom. The van der Waals surface area contributed by atoms with E-state index in [4.69, 9.17) is 14.5 Å². The van der Waals surface area contributed by atoms with Gasteiger partial charge in [0.1, 0.15) is 0 Å². The van der Waals surface area contributed by atoms with Gasteiger partial charge in [0.05, 0.1) is 25.6 Å². The lowest BCUT2D eigenvalue weighted by Gasteiger charge is -2.21. The Kier molecular flexibility index (Phi) is 6.16. The van der Waals surface area contributed by atoms with Crippen LogP contribution in [0.25, 0.3) is 16.2 Å². The molecule has 2 aromatic carbocycles. The number of fused-ring (bicyclic) bond motifs is 1. The summed E-state index contributed by atoms with van der Waals surface area (Å²) in [5.41, 5.74) is 3.02. The number of benzene rings is 2. The van der Waals surface area contributed by atoms with E-state index in [-0.39, 0.29) is 5.91 Å². The monoisotopic (exact) mass is 450 g/mol. The number of hydrogen-bond acceptors (Lipinski definition) is 6. The fourth-order valence-corrected chi connectivity index (χ4v) is 4.69. The minimum atomic E-state index is -0.146. The van der Waals surface area contributed by atoms with Crippen molar-refractivity contribution in [1.82, 2.24) is 14.3 Å². The summed E-state index contributed by atoms with van der Waals surface area (Å²) < 4.78 is 12.7. The lowest BCUT2D eigenvalue weighted by Crippen LogP contribution is -2.26. The van der Waals surface area contributed by atoms with Crippen LogP contribution in [0.5, 0.6) is 11.5 Å². The maximum absolute atomic E-state index is 13.3. The summed E-state index contributed by atoms with van der Waals surface area (Å²) in [5.74, 6) is 0.953. The molecule has 0 aliphatic rings. The van der Waals surface area contributed by atoms with Gasteiger partial charge in [0.2, 0.25) is 0 Å². The van der Waals surface area contributed by atoms with Crippen molar-refractivity contribution in [3.05, 3.63) is 65.3 Å². The van der Waals surface area contributed by atoms with E-state index in [1.807, 2.05) is 34.9 Å². The van der Waals surface area contributed by atoms with E-state index < -0.39 is 0 Å². The number of anilines is 1. The molecule has 0 saturated carbocycles. The first kappa shape index (κ1) is 21.9. The zero-order valence-electron chi connectivity index (χ0n) is 18.8. The van der Waals surface area contributed by atoms with Gasteiger partial charge in [-0.2, -0.15) is 0 Å². The molecule has 0 bridgehead atoms. The van der Waals surface area contributed by atoms with E-state index in [0.29, 0.717) is 17.1 Å². The van der Waals surface area contributed by atoms with Gasteiger partial charge in [0.25, 0.3) is 5.91 Å². The Bertz CT molecular complexity index is 1230. The highest BCUT2D eigenvalue weighted by Crippen LogP contribution is 2.33. The molecule has 0 atom stereocenters. The smallest absolute Gasteiger partial charge is 0.258 e. The second-order valence-electron chi connectivity index (χ2n) is 7.70. The molecule has 32 heavy (non-hydrogen) atoms. The van der Waals surface area contributed by atoms with Crippen LogP contribution in [-0.4, -0.2) is 55.6 Å². The molecule has 0 aliphatic carbocycles. The van der Waals surface area contributed by atoms with Crippen molar-refractivity contribution in [1.29, 1.82) is 0 Å². The molecule has 0 saturated heterocycles. The number of thiazole rings is 1. The summed E-state index contributed by atoms with van der Waals surface area (Å²) in [6.45, 7) is 0.877. The third-order valence-electron chi connectivity index (χ3n) is 5.15. The van der Waals surface area contributed by atoms with E-state index in [2.05, 4.69) is 25.2 Å². The van der Waals surface area contributed by atoms with Crippen LogP contribution in [-0.2, 0) is 6.54 Å². The van der Waals surface area contributed by atoms with Gasteiger partial charge >= 0.3 is 0 Å². The Morgan fingerprint density at radius 2 is 1.78 bits per heavy atom. The minimum Gasteiger partial charge on any atom is -0.493 e. The third kappa shape index (κ3) is 4.19. The maximum Gasteiger partial charge on any atom is 0.258 e. The second-order valence-corrected chi connectivity index (χ2v) is 8.80. The highest BCUT2D eigenvalue weighted by Gasteiger charge is 2.20. The van der Waals surface area contributed by atoms with Crippen LogP contribution >= 0.6 is 11.3 Å². The summed E-state index contributed by atoms with van der Waals surface area (Å²) in [6.07, 6.45) is 4.12. The van der Waals surface area contributed by atoms with Crippen LogP contribution in [0.1, 0.15) is 15.2 Å². The Balaban J connectivity index is 1.66. The predicted octanol–water partition coefficient (Wildman–Crippen LogP) is 4.42. The summed E-state index contributed by atoms with van der Waals surface area (Å²) in [7, 11) is 9.00. The molecule has 0 aliphatic heterocycles. The summed E-state index contributed by atoms with van der Waals surface area (Å²) in [4.78, 5) is 24.0. The van der Waals surface area contributed by atoms with E-state index in [1.54, 1.807) is 55.7 Å². The van der Waals surface area contributed by atoms with Gasteiger partial charge in [-0.1, -0.05) is 29.5 Å². The normalized spacial score (nSPS) is 11.2. The number of ether oxygens (including phenoxy) is 2. The molecule has 7 nitrogen and oxygen atoms in total. The molecular weight excluding hydrogens is 424 g/mol. The van der Waals surface area contributed by atoms with E-state index in [0.717, 1.165) is 28.5 Å². The van der Waals surface area contributed by atoms with Crippen LogP contribution in [0.4, 0.5) is 5.69 Å². The molecule has 0 unspecified atom stereocenters. The number of carbonyl (C=O) groups excluding carboxylic acids is 1. The topological polar surface area (TPSA) is 59.3 Å². The van der Waals surface area contributed by atoms with Crippen LogP contribution in [0.2, 0.25) is 0 Å². The molecule has 1 amide bonds. The van der Waals surface area contributed by atoms with E-state index >= 15 is 0 Å². The lowest BCUT2D eigenvalue weighted by molar-refractivity contribution is 0.0992. The maximum atomic E-state index is 13.3. The number of carbonyl (C=O) groups is 1. The van der Waals surface area contributed by atoms with Crippen LogP contribution in [0.3, 0.4) is 0 Å². The molecule has 0 radical (unpaired) electrons. The van der Waals surface area contributed by atoms with Gasteiger partial charge in [-0.3, -0.25) is 9.20 Å². The van der Waals surface area contributed by atoms with Gasteiger partial charge in [-0.05, 0) is 38.4 Å². The highest BCUT2D eigenvalue weighted by molar-refractivity contribution is 7.17. The fraction of sp³-hybridized carbons (Fsp3) is 0.250. The van der Waals surface area contributed by atoms with Crippen molar-refractivity contribution in [3.8, 4) is 22.8 Å². The average Bonchev–Trinajstić information content (AvgIpc) is 3.35. The molecular formula is C24H26N4O3S. The Morgan fingerprint density at radius 3 is 2.47 bits per heavy atom. The fourth-order valence-electron chi connectivity index (χ4n) is 3.61. The van der Waals surface area contributed by atoms with Crippen LogP contribution in [0, 0.1) is 0 Å². The van der Waals surface area contributed by atoms with Crippen LogP contribution < -0.4 is 14.4 Å². The van der Waals surface area contributed by atoms with Gasteiger partial charge in [0.15, 0.2) is 16.5 Å². The molecule has 8 heteroatoms. The van der Waals surface area contributed by atoms with E-state index in [9.17, 15) is 4.79 Å². The first-order valence-corrected chi connectivity index (χ1v) is 10.9. The number of para-hydroxylation sites is 1. The molecule has 4 rings (SSSR count). The van der Waals surface area contributed by atoms with E-state index in [1.165, 1.54) is 4.88 Å². The SMILES string of the molecule is COc1ccc(C(=O)N(C)c2ccccc2-c2cn3cc(CN(C)C)sc3n2)cc1OC. The van der Waals surface area contributed by atoms with Crippen molar-refractivity contribution in [2.24, 2.45) is 0 Å². The predicted molar refractivity (Wildman–Crippen MR) is 128 cm³/mol. The molecule has 4 aromatic rings. The lowest BCUT2D eigenvalue weighted by atomic mass is 10.1. The first-order chi connectivity index (χ1) is 15.4. The number of methoxy groups -OCH3 is 2. The van der Waals surface area contributed by atoms with Crippen molar-refractivity contribution in [3.63, 3.8) is 0 Å². The molecule has 0 fully saturated rings. The number of hydrogen-bond donors (Lipinski definition) is 0. The van der Waals surface area contributed by atoms with Gasteiger partial charge in [0, 0.05) is 42.0 Å². The first-order valence-electron chi connectivity index (χ1n) is 10.1. The number of aromatic nitrogens is 2. The summed E-state index contributed by atoms with van der Waals surface area (Å²) in [5, 5.41) is 0. The van der Waals surface area contributed by atoms with Crippen molar-refractivity contribution in [2.45, 2.75) is 6.54 Å². The largest absolute Gasteiger partial charge is 0.493 e. The molecule has 2 aromatic heterocycles. The van der Waals surface area contributed by atoms with Crippen molar-refractivity contribution < 1.29 is 14.3 Å². The quantitative estimate of drug-likeness (QED) is 0.417. The Hall–Kier alpha value is -3.36. The number of rotatable bonds is 7. The van der Waals surface area contributed by atoms with Crippen LogP contribution in [0.15, 0.2) is 54.9 Å². The zero-order valence-corrected chi connectivity index (χ0v) is 19.6. The third-order valence-corrected chi connectivity index (χ3v) is 6.13. The highest BCUT2D eigenvalue weighted by atomic mass is 32.1. The summed E-state index contributed by atoms with van der Waals surface area (Å²) in [6, 6.07) is 13.0. The van der Waals surface area contributed by atoms with Gasteiger partial charge in [-0.15, -0.1) is 0 Å². The number of imidazole rings is 1. The zero-order chi connectivity index (χ0) is 22.8. The molecule has 166 valence electrons. The molecule has 2 heterocycles. The average molecular weight is 451 g/mol.